The summed E-state index contributed by atoms with van der Waals surface area (Å²) in [4.78, 5) is 30.0. The number of ether oxygens (including phenoxy) is 3. The molecule has 0 spiro atoms. The normalized spacial score (nSPS) is 14.5. The van der Waals surface area contributed by atoms with Gasteiger partial charge in [-0.3, -0.25) is 19.0 Å². The van der Waals surface area contributed by atoms with E-state index in [4.69, 9.17) is 32.7 Å². The van der Waals surface area contributed by atoms with Gasteiger partial charge in [0.05, 0.1) is 70.5 Å². The lowest BCUT2D eigenvalue weighted by Gasteiger charge is -2.26. The third-order valence-corrected chi connectivity index (χ3v) is 15.7. The van der Waals surface area contributed by atoms with Crippen molar-refractivity contribution >= 4 is 89.1 Å². The molecule has 2 saturated heterocycles. The highest BCUT2D eigenvalue weighted by Crippen LogP contribution is 2.32. The summed E-state index contributed by atoms with van der Waals surface area (Å²) in [6.45, 7) is 4.13. The van der Waals surface area contributed by atoms with Crippen LogP contribution in [0, 0.1) is 0 Å². The van der Waals surface area contributed by atoms with Gasteiger partial charge in [0.25, 0.3) is 20.0 Å². The number of hydrogen-bond acceptors (Lipinski definition) is 11. The summed E-state index contributed by atoms with van der Waals surface area (Å²) < 4.78 is 108. The van der Waals surface area contributed by atoms with Gasteiger partial charge in [0.15, 0.2) is 0 Å². The third-order valence-electron chi connectivity index (χ3n) is 10.3. The van der Waals surface area contributed by atoms with E-state index in [0.717, 1.165) is 11.1 Å². The van der Waals surface area contributed by atoms with Crippen molar-refractivity contribution in [2.24, 2.45) is 0 Å². The van der Waals surface area contributed by atoms with Crippen LogP contribution in [0.15, 0.2) is 124 Å². The first-order valence-corrected chi connectivity index (χ1v) is 25.8. The number of morpholine rings is 2. The molecule has 0 radical (unpaired) electrons. The van der Waals surface area contributed by atoms with E-state index >= 15 is 0 Å². The Morgan fingerprint density at radius 2 is 0.970 bits per heavy atom. The summed E-state index contributed by atoms with van der Waals surface area (Å²) >= 11 is 14.7. The highest BCUT2D eigenvalue weighted by atomic mass is 35.5. The third kappa shape index (κ3) is 13.5. The zero-order chi connectivity index (χ0) is 47.8. The number of anilines is 2. The second-order valence-corrected chi connectivity index (χ2v) is 21.0. The predicted molar refractivity (Wildman–Crippen MR) is 253 cm³/mol. The van der Waals surface area contributed by atoms with Gasteiger partial charge in [-0.05, 0) is 93.7 Å². The number of nitrogens with one attached hydrogen (secondary N) is 2. The van der Waals surface area contributed by atoms with Crippen molar-refractivity contribution in [3.05, 3.63) is 134 Å². The minimum Gasteiger partial charge on any atom is -0.406 e. The fraction of sp³-hybridized carbons (Fsp3) is 0.244. The second-order valence-electron chi connectivity index (χ2n) is 14.8. The van der Waals surface area contributed by atoms with E-state index in [2.05, 4.69) is 14.2 Å². The number of rotatable bonds is 13. The van der Waals surface area contributed by atoms with E-state index < -0.39 is 26.4 Å². The molecule has 4 heterocycles. The number of sulfonamides is 2. The Bertz CT molecular complexity index is 2890. The van der Waals surface area contributed by atoms with Gasteiger partial charge in [0.2, 0.25) is 11.8 Å². The predicted octanol–water partition coefficient (Wildman–Crippen LogP) is 9.44. The molecule has 0 aliphatic carbocycles. The van der Waals surface area contributed by atoms with Gasteiger partial charge in [0, 0.05) is 35.9 Å². The van der Waals surface area contributed by atoms with Crippen molar-refractivity contribution in [1.29, 1.82) is 0 Å². The summed E-state index contributed by atoms with van der Waals surface area (Å²) in [7, 11) is -7.74. The first kappa shape index (κ1) is 49.7. The highest BCUT2D eigenvalue weighted by molar-refractivity contribution is 7.93. The van der Waals surface area contributed by atoms with Gasteiger partial charge in [-0.2, -0.15) is 0 Å². The van der Waals surface area contributed by atoms with Crippen LogP contribution in [0.1, 0.15) is 9.75 Å². The summed E-state index contributed by atoms with van der Waals surface area (Å²) in [5, 5.41) is 4.37. The highest BCUT2D eigenvalue weighted by Gasteiger charge is 2.31. The minimum atomic E-state index is -4.78. The van der Waals surface area contributed by atoms with Crippen LogP contribution in [0.25, 0.3) is 22.3 Å². The van der Waals surface area contributed by atoms with E-state index in [1.54, 1.807) is 69.1 Å². The SMILES string of the molecule is O=C(Cc1sccc1NS(=O)(=O)c1ccc(-c2ccc(Cl)c(Cl)c2)cc1)N1CCOCC1.O=C(Cc1sccc1NS(=O)(=O)c1ccc(-c2ccc(OC(F)(F)F)cc2)cc1)N1CCOCC1. The molecule has 2 fully saturated rings. The number of amides is 2. The Morgan fingerprint density at radius 3 is 1.37 bits per heavy atom. The Balaban J connectivity index is 0.000000200. The van der Waals surface area contributed by atoms with Crippen molar-refractivity contribution in [2.75, 3.05) is 62.1 Å². The van der Waals surface area contributed by atoms with E-state index in [-0.39, 0.29) is 40.2 Å². The number of carbonyl (C=O) groups excluding carboxylic acids is 2. The van der Waals surface area contributed by atoms with Gasteiger partial charge in [-0.15, -0.1) is 35.8 Å². The molecule has 354 valence electrons. The Labute approximate surface area is 403 Å². The molecule has 13 nitrogen and oxygen atoms in total. The molecule has 6 aromatic rings. The molecule has 67 heavy (non-hydrogen) atoms. The van der Waals surface area contributed by atoms with Crippen molar-refractivity contribution in [3.63, 3.8) is 0 Å². The number of nitrogens with zero attached hydrogens (tertiary/aromatic N) is 2. The lowest BCUT2D eigenvalue weighted by Crippen LogP contribution is -2.41. The van der Waals surface area contributed by atoms with Gasteiger partial charge in [-0.1, -0.05) is 65.7 Å². The number of carbonyl (C=O) groups is 2. The molecule has 2 N–H and O–H groups in total. The number of benzene rings is 4. The van der Waals surface area contributed by atoms with Crippen LogP contribution in [0.5, 0.6) is 5.75 Å². The first-order valence-electron chi connectivity index (χ1n) is 20.4. The van der Waals surface area contributed by atoms with E-state index in [0.29, 0.717) is 94.9 Å². The minimum absolute atomic E-state index is 0.00920. The molecular formula is C45H41Cl2F3N4O9S4. The first-order chi connectivity index (χ1) is 31.9. The average Bonchev–Trinajstić information content (AvgIpc) is 3.95. The molecule has 0 bridgehead atoms. The van der Waals surface area contributed by atoms with Crippen molar-refractivity contribution < 1.29 is 53.8 Å². The maximum atomic E-state index is 12.9. The Hall–Kier alpha value is -5.19. The lowest BCUT2D eigenvalue weighted by molar-refractivity contribution is -0.274. The Kier molecular flexibility index (Phi) is 16.2. The summed E-state index contributed by atoms with van der Waals surface area (Å²) in [5.74, 6) is -0.474. The second kappa shape index (κ2) is 21.8. The largest absolute Gasteiger partial charge is 0.573 e. The van der Waals surface area contributed by atoms with Crippen LogP contribution >= 0.6 is 45.9 Å². The number of hydrogen-bond donors (Lipinski definition) is 2. The standard InChI is InChI=1S/C23H21F3N2O5S2.C22H20Cl2N2O4S2/c24-23(25,26)33-18-5-1-16(2-6-18)17-3-7-19(8-4-17)35(30,31)27-20-9-14-34-21(20)15-22(29)28-10-12-32-13-11-28;23-18-6-3-16(13-19(18)24)15-1-4-17(5-2-15)32(28,29)25-20-7-12-31-21(20)14-22(27)26-8-10-30-11-9-26/h1-9,14,27H,10-13,15H2;1-7,12-13,25H,8-11,14H2. The van der Waals surface area contributed by atoms with Crippen LogP contribution in [0.2, 0.25) is 10.0 Å². The maximum Gasteiger partial charge on any atom is 0.573 e. The topological polar surface area (TPSA) is 161 Å². The molecule has 2 aliphatic rings. The fourth-order valence-electron chi connectivity index (χ4n) is 6.85. The van der Waals surface area contributed by atoms with Crippen LogP contribution in [-0.2, 0) is 52.0 Å². The summed E-state index contributed by atoms with van der Waals surface area (Å²) in [5.41, 5.74) is 3.63. The average molecular weight is 1040 g/mol. The maximum absolute atomic E-state index is 12.9. The van der Waals surface area contributed by atoms with Gasteiger partial charge in [-0.25, -0.2) is 16.8 Å². The molecule has 2 aromatic heterocycles. The molecule has 0 saturated carbocycles. The molecule has 0 unspecified atom stereocenters. The Morgan fingerprint density at radius 1 is 0.582 bits per heavy atom. The number of thiophene rings is 2. The smallest absolute Gasteiger partial charge is 0.406 e. The van der Waals surface area contributed by atoms with Crippen molar-refractivity contribution in [1.82, 2.24) is 9.80 Å². The van der Waals surface area contributed by atoms with E-state index in [9.17, 15) is 39.6 Å². The molecular weight excluding hydrogens is 997 g/mol. The number of alkyl halides is 3. The zero-order valence-corrected chi connectivity index (χ0v) is 39.9. The molecule has 2 amide bonds. The van der Waals surface area contributed by atoms with Crippen LogP contribution < -0.4 is 14.2 Å². The molecule has 4 aromatic carbocycles. The fourth-order valence-corrected chi connectivity index (χ4v) is 11.1. The summed E-state index contributed by atoms with van der Waals surface area (Å²) in [6.07, 6.45) is -4.54. The zero-order valence-electron chi connectivity index (χ0n) is 35.1. The van der Waals surface area contributed by atoms with Crippen molar-refractivity contribution in [3.8, 4) is 28.0 Å². The van der Waals surface area contributed by atoms with Crippen LogP contribution in [0.3, 0.4) is 0 Å². The molecule has 2 aliphatic heterocycles. The van der Waals surface area contributed by atoms with Gasteiger partial charge >= 0.3 is 6.36 Å². The monoisotopic (exact) mass is 1040 g/mol. The summed E-state index contributed by atoms with van der Waals surface area (Å²) in [6, 6.07) is 26.2. The molecule has 8 rings (SSSR count). The van der Waals surface area contributed by atoms with Crippen molar-refractivity contribution in [2.45, 2.75) is 29.0 Å². The van der Waals surface area contributed by atoms with Gasteiger partial charge in [0.1, 0.15) is 5.75 Å². The lowest BCUT2D eigenvalue weighted by atomic mass is 10.1. The van der Waals surface area contributed by atoms with E-state index in [1.807, 2.05) is 6.07 Å². The number of halogens is 5. The molecule has 22 heteroatoms. The van der Waals surface area contributed by atoms with Crippen LogP contribution in [-0.4, -0.2) is 97.4 Å². The van der Waals surface area contributed by atoms with E-state index in [1.165, 1.54) is 71.2 Å². The van der Waals surface area contributed by atoms with Gasteiger partial charge < -0.3 is 24.0 Å². The quantitative estimate of drug-likeness (QED) is 0.115. The molecule has 0 atom stereocenters. The van der Waals surface area contributed by atoms with Crippen LogP contribution in [0.4, 0.5) is 24.5 Å².